The number of fused-ring (bicyclic) bond motifs is 1. The molecule has 0 fully saturated rings. The van der Waals surface area contributed by atoms with Crippen molar-refractivity contribution in [2.45, 2.75) is 0 Å². The van der Waals surface area contributed by atoms with Crippen molar-refractivity contribution >= 4 is 38.9 Å². The number of ketones is 3. The third-order valence-corrected chi connectivity index (χ3v) is 4.41. The van der Waals surface area contributed by atoms with E-state index in [0.29, 0.717) is 16.9 Å². The molecule has 3 rings (SSSR count). The van der Waals surface area contributed by atoms with Crippen LogP contribution in [0.4, 0.5) is 0 Å². The molecule has 1 aliphatic rings. The maximum Gasteiger partial charge on any atom is 0.198 e. The molecule has 0 aromatic heterocycles. The summed E-state index contributed by atoms with van der Waals surface area (Å²) in [5.41, 5.74) is 1.18. The number of halogens is 1. The first-order valence-corrected chi connectivity index (χ1v) is 8.37. The topological polar surface area (TPSA) is 60.4 Å². The molecule has 0 atom stereocenters. The van der Waals surface area contributed by atoms with E-state index in [1.165, 1.54) is 0 Å². The molecule has 0 spiro atoms. The SMILES string of the molecule is COc1ccc(C2=C(C(=O)CBr)C(=O)c3ccccc3C2=O)cc1. The van der Waals surface area contributed by atoms with Gasteiger partial charge in [0.2, 0.25) is 0 Å². The summed E-state index contributed by atoms with van der Waals surface area (Å²) in [4.78, 5) is 38.1. The minimum absolute atomic E-state index is 0.0246. The average molecular weight is 385 g/mol. The second-order valence-electron chi connectivity index (χ2n) is 5.24. The highest BCUT2D eigenvalue weighted by molar-refractivity contribution is 9.09. The second kappa shape index (κ2) is 6.53. The quantitative estimate of drug-likeness (QED) is 0.597. The van der Waals surface area contributed by atoms with Crippen LogP contribution in [0.1, 0.15) is 26.3 Å². The van der Waals surface area contributed by atoms with Crippen molar-refractivity contribution in [3.63, 3.8) is 0 Å². The zero-order valence-corrected chi connectivity index (χ0v) is 14.4. The molecule has 0 saturated carbocycles. The van der Waals surface area contributed by atoms with Crippen LogP contribution in [-0.4, -0.2) is 29.8 Å². The van der Waals surface area contributed by atoms with E-state index in [2.05, 4.69) is 15.9 Å². The molecule has 0 heterocycles. The van der Waals surface area contributed by atoms with E-state index in [1.807, 2.05) is 0 Å². The number of hydrogen-bond donors (Lipinski definition) is 0. The number of carbonyl (C=O) groups is 3. The number of hydrogen-bond acceptors (Lipinski definition) is 4. The minimum Gasteiger partial charge on any atom is -0.497 e. The molecule has 0 aliphatic heterocycles. The smallest absolute Gasteiger partial charge is 0.198 e. The first kappa shape index (κ1) is 16.3. The van der Waals surface area contributed by atoms with E-state index in [-0.39, 0.29) is 27.8 Å². The molecule has 2 aromatic rings. The Morgan fingerprint density at radius 3 is 2.08 bits per heavy atom. The van der Waals surface area contributed by atoms with Crippen molar-refractivity contribution in [3.8, 4) is 5.75 Å². The average Bonchev–Trinajstić information content (AvgIpc) is 2.64. The van der Waals surface area contributed by atoms with Crippen LogP contribution in [0.15, 0.2) is 54.1 Å². The lowest BCUT2D eigenvalue weighted by molar-refractivity contribution is -0.112. The molecule has 4 nitrogen and oxygen atoms in total. The number of methoxy groups -OCH3 is 1. The molecule has 0 unspecified atom stereocenters. The Kier molecular flexibility index (Phi) is 4.44. The number of Topliss-reactive ketones (excluding diaryl/α,β-unsaturated/α-hetero) is 3. The number of carbonyl (C=O) groups excluding carboxylic acids is 3. The Morgan fingerprint density at radius 1 is 0.958 bits per heavy atom. The molecule has 0 radical (unpaired) electrons. The fraction of sp³-hybridized carbons (Fsp3) is 0.105. The molecular weight excluding hydrogens is 372 g/mol. The predicted molar refractivity (Wildman–Crippen MR) is 93.8 cm³/mol. The van der Waals surface area contributed by atoms with E-state index in [4.69, 9.17) is 4.74 Å². The summed E-state index contributed by atoms with van der Waals surface area (Å²) in [6.45, 7) is 0. The molecular formula is C19H13BrO4. The summed E-state index contributed by atoms with van der Waals surface area (Å²) in [6.07, 6.45) is 0. The van der Waals surface area contributed by atoms with Gasteiger partial charge in [-0.15, -0.1) is 0 Å². The van der Waals surface area contributed by atoms with E-state index < -0.39 is 11.6 Å². The lowest BCUT2D eigenvalue weighted by Crippen LogP contribution is -2.26. The zero-order chi connectivity index (χ0) is 17.3. The van der Waals surface area contributed by atoms with Gasteiger partial charge in [-0.1, -0.05) is 52.3 Å². The summed E-state index contributed by atoms with van der Waals surface area (Å²) in [7, 11) is 1.54. The van der Waals surface area contributed by atoms with Crippen molar-refractivity contribution in [1.29, 1.82) is 0 Å². The van der Waals surface area contributed by atoms with Crippen molar-refractivity contribution in [1.82, 2.24) is 0 Å². The van der Waals surface area contributed by atoms with Gasteiger partial charge < -0.3 is 4.74 Å². The monoisotopic (exact) mass is 384 g/mol. The molecule has 120 valence electrons. The highest BCUT2D eigenvalue weighted by Gasteiger charge is 2.35. The maximum absolute atomic E-state index is 12.9. The second-order valence-corrected chi connectivity index (χ2v) is 5.80. The maximum atomic E-state index is 12.9. The highest BCUT2D eigenvalue weighted by atomic mass is 79.9. The van der Waals surface area contributed by atoms with Gasteiger partial charge in [0.15, 0.2) is 17.3 Å². The van der Waals surface area contributed by atoms with Crippen LogP contribution in [0.3, 0.4) is 0 Å². The fourth-order valence-corrected chi connectivity index (χ4v) is 3.02. The molecule has 24 heavy (non-hydrogen) atoms. The molecule has 1 aliphatic carbocycles. The highest BCUT2D eigenvalue weighted by Crippen LogP contribution is 2.33. The lowest BCUT2D eigenvalue weighted by Gasteiger charge is -2.20. The first-order chi connectivity index (χ1) is 11.6. The van der Waals surface area contributed by atoms with E-state index in [9.17, 15) is 14.4 Å². The lowest BCUT2D eigenvalue weighted by atomic mass is 9.80. The van der Waals surface area contributed by atoms with Crippen molar-refractivity contribution in [3.05, 3.63) is 70.8 Å². The normalized spacial score (nSPS) is 13.8. The number of alkyl halides is 1. The van der Waals surface area contributed by atoms with Crippen LogP contribution < -0.4 is 4.74 Å². The molecule has 5 heteroatoms. The standard InChI is InChI=1S/C19H13BrO4/c1-24-12-8-6-11(7-9-12)16-17(15(21)10-20)19(23)14-5-3-2-4-13(14)18(16)22/h2-9H,10H2,1H3. The van der Waals surface area contributed by atoms with E-state index in [1.54, 1.807) is 55.6 Å². The summed E-state index contributed by atoms with van der Waals surface area (Å²) in [6, 6.07) is 13.3. The molecule has 0 amide bonds. The number of ether oxygens (including phenoxy) is 1. The largest absolute Gasteiger partial charge is 0.497 e. The minimum atomic E-state index is -0.416. The Morgan fingerprint density at radius 2 is 1.54 bits per heavy atom. The van der Waals surface area contributed by atoms with Crippen molar-refractivity contribution in [2.75, 3.05) is 12.4 Å². The third kappa shape index (κ3) is 2.61. The number of allylic oxidation sites excluding steroid dienone is 2. The van der Waals surface area contributed by atoms with Crippen LogP contribution in [0.2, 0.25) is 0 Å². The van der Waals surface area contributed by atoms with Gasteiger partial charge in [0.05, 0.1) is 18.0 Å². The zero-order valence-electron chi connectivity index (χ0n) is 12.8. The van der Waals surface area contributed by atoms with Crippen LogP contribution in [-0.2, 0) is 4.79 Å². The van der Waals surface area contributed by atoms with Gasteiger partial charge >= 0.3 is 0 Å². The Balaban J connectivity index is 2.26. The molecule has 0 N–H and O–H groups in total. The van der Waals surface area contributed by atoms with Crippen LogP contribution >= 0.6 is 15.9 Å². The first-order valence-electron chi connectivity index (χ1n) is 7.24. The summed E-state index contributed by atoms with van der Waals surface area (Å²) >= 11 is 3.09. The van der Waals surface area contributed by atoms with Crippen LogP contribution in [0.5, 0.6) is 5.75 Å². The van der Waals surface area contributed by atoms with Gasteiger partial charge in [0.1, 0.15) is 5.75 Å². The number of benzene rings is 2. The Hall–Kier alpha value is -2.53. The summed E-state index contributed by atoms with van der Waals surface area (Å²) < 4.78 is 5.11. The Bertz CT molecular complexity index is 878. The van der Waals surface area contributed by atoms with Gasteiger partial charge in [-0.2, -0.15) is 0 Å². The third-order valence-electron chi connectivity index (χ3n) is 3.90. The summed E-state index contributed by atoms with van der Waals surface area (Å²) in [5, 5.41) is -0.0246. The van der Waals surface area contributed by atoms with Crippen molar-refractivity contribution < 1.29 is 19.1 Å². The van der Waals surface area contributed by atoms with Gasteiger partial charge in [-0.25, -0.2) is 0 Å². The Labute approximate surface area is 147 Å². The van der Waals surface area contributed by atoms with Crippen LogP contribution in [0.25, 0.3) is 5.57 Å². The van der Waals surface area contributed by atoms with E-state index in [0.717, 1.165) is 0 Å². The number of rotatable bonds is 4. The van der Waals surface area contributed by atoms with Gasteiger partial charge in [-0.3, -0.25) is 14.4 Å². The predicted octanol–water partition coefficient (Wildman–Crippen LogP) is 3.49. The van der Waals surface area contributed by atoms with Crippen LogP contribution in [0, 0.1) is 0 Å². The fourth-order valence-electron chi connectivity index (χ4n) is 2.74. The van der Waals surface area contributed by atoms with Gasteiger partial charge in [-0.05, 0) is 17.7 Å². The summed E-state index contributed by atoms with van der Waals surface area (Å²) in [5.74, 6) is -0.517. The van der Waals surface area contributed by atoms with E-state index >= 15 is 0 Å². The van der Waals surface area contributed by atoms with Gasteiger partial charge in [0, 0.05) is 16.7 Å². The molecule has 0 bridgehead atoms. The van der Waals surface area contributed by atoms with Gasteiger partial charge in [0.25, 0.3) is 0 Å². The molecule has 2 aromatic carbocycles. The van der Waals surface area contributed by atoms with Crippen molar-refractivity contribution in [2.24, 2.45) is 0 Å². The molecule has 0 saturated heterocycles.